The van der Waals surface area contributed by atoms with E-state index in [0.717, 1.165) is 12.8 Å². The molecular weight excluding hydrogens is 282 g/mol. The van der Waals surface area contributed by atoms with Crippen molar-refractivity contribution < 1.29 is 23.1 Å². The van der Waals surface area contributed by atoms with Gasteiger partial charge in [0.2, 0.25) is 10.0 Å². The maximum Gasteiger partial charge on any atom is 0.311 e. The normalized spacial score (nSPS) is 29.6. The molecule has 116 valence electrons. The van der Waals surface area contributed by atoms with Crippen molar-refractivity contribution in [1.82, 2.24) is 4.31 Å². The second kappa shape index (κ2) is 5.99. The van der Waals surface area contributed by atoms with Crippen LogP contribution in [0.15, 0.2) is 0 Å². The zero-order chi connectivity index (χ0) is 14.8. The molecule has 20 heavy (non-hydrogen) atoms. The van der Waals surface area contributed by atoms with Crippen LogP contribution < -0.4 is 0 Å². The molecule has 1 unspecified atom stereocenters. The Morgan fingerprint density at radius 3 is 2.55 bits per heavy atom. The fourth-order valence-corrected chi connectivity index (χ4v) is 4.96. The van der Waals surface area contributed by atoms with E-state index in [4.69, 9.17) is 4.74 Å². The van der Waals surface area contributed by atoms with E-state index >= 15 is 0 Å². The minimum absolute atomic E-state index is 0.115. The summed E-state index contributed by atoms with van der Waals surface area (Å²) in [6, 6.07) is 0. The molecule has 0 spiro atoms. The Hall–Kier alpha value is -0.660. The predicted molar refractivity (Wildman–Crippen MR) is 73.9 cm³/mol. The molecule has 2 heterocycles. The third kappa shape index (κ3) is 3.15. The van der Waals surface area contributed by atoms with E-state index in [1.54, 1.807) is 0 Å². The zero-order valence-electron chi connectivity index (χ0n) is 11.9. The number of aliphatic carboxylic acids is 1. The average molecular weight is 305 g/mol. The van der Waals surface area contributed by atoms with Gasteiger partial charge in [-0.05, 0) is 31.6 Å². The van der Waals surface area contributed by atoms with Gasteiger partial charge in [0, 0.05) is 26.3 Å². The summed E-state index contributed by atoms with van der Waals surface area (Å²) < 4.78 is 31.4. The lowest BCUT2D eigenvalue weighted by Gasteiger charge is -2.26. The number of rotatable bonds is 5. The van der Waals surface area contributed by atoms with Crippen LogP contribution in [0.3, 0.4) is 0 Å². The second-order valence-corrected chi connectivity index (χ2v) is 7.87. The SMILES string of the molecule is CCC1(C(=O)O)CCN(S(=O)(=O)CC2CCOCC2)C1. The second-order valence-electron chi connectivity index (χ2n) is 5.86. The van der Waals surface area contributed by atoms with E-state index in [0.29, 0.717) is 32.6 Å². The van der Waals surface area contributed by atoms with Crippen molar-refractivity contribution in [2.24, 2.45) is 11.3 Å². The third-order valence-corrected chi connectivity index (χ3v) is 6.62. The first-order valence-electron chi connectivity index (χ1n) is 7.18. The maximum atomic E-state index is 12.4. The van der Waals surface area contributed by atoms with Gasteiger partial charge in [0.25, 0.3) is 0 Å². The lowest BCUT2D eigenvalue weighted by Crippen LogP contribution is -2.39. The fraction of sp³-hybridized carbons (Fsp3) is 0.923. The molecule has 0 aromatic heterocycles. The summed E-state index contributed by atoms with van der Waals surface area (Å²) >= 11 is 0. The summed E-state index contributed by atoms with van der Waals surface area (Å²) in [7, 11) is -3.36. The van der Waals surface area contributed by atoms with Crippen LogP contribution in [0.1, 0.15) is 32.6 Å². The Kier molecular flexibility index (Phi) is 4.71. The number of carbonyl (C=O) groups is 1. The minimum Gasteiger partial charge on any atom is -0.481 e. The summed E-state index contributed by atoms with van der Waals surface area (Å²) in [5.41, 5.74) is -0.900. The molecule has 7 heteroatoms. The average Bonchev–Trinajstić information content (AvgIpc) is 2.86. The molecule has 0 radical (unpaired) electrons. The summed E-state index contributed by atoms with van der Waals surface area (Å²) in [5, 5.41) is 9.33. The molecule has 1 atom stereocenters. The first-order chi connectivity index (χ1) is 9.39. The van der Waals surface area contributed by atoms with Crippen LogP contribution in [-0.2, 0) is 19.6 Å². The molecule has 2 aliphatic heterocycles. The van der Waals surface area contributed by atoms with E-state index in [2.05, 4.69) is 0 Å². The van der Waals surface area contributed by atoms with Gasteiger partial charge in [0.1, 0.15) is 0 Å². The molecular formula is C13H23NO5S. The quantitative estimate of drug-likeness (QED) is 0.817. The Morgan fingerprint density at radius 1 is 1.40 bits per heavy atom. The first kappa shape index (κ1) is 15.7. The topological polar surface area (TPSA) is 83.9 Å². The van der Waals surface area contributed by atoms with Gasteiger partial charge in [-0.25, -0.2) is 12.7 Å². The first-order valence-corrected chi connectivity index (χ1v) is 8.79. The highest BCUT2D eigenvalue weighted by Crippen LogP contribution is 2.36. The van der Waals surface area contributed by atoms with Crippen LogP contribution >= 0.6 is 0 Å². The van der Waals surface area contributed by atoms with Gasteiger partial charge in [-0.2, -0.15) is 0 Å². The van der Waals surface area contributed by atoms with Crippen molar-refractivity contribution in [3.05, 3.63) is 0 Å². The van der Waals surface area contributed by atoms with Crippen LogP contribution in [0.5, 0.6) is 0 Å². The largest absolute Gasteiger partial charge is 0.481 e. The van der Waals surface area contributed by atoms with E-state index in [1.807, 2.05) is 6.92 Å². The van der Waals surface area contributed by atoms with Crippen LogP contribution in [-0.4, -0.2) is 55.9 Å². The number of ether oxygens (including phenoxy) is 1. The zero-order valence-corrected chi connectivity index (χ0v) is 12.7. The highest BCUT2D eigenvalue weighted by molar-refractivity contribution is 7.89. The number of nitrogens with zero attached hydrogens (tertiary/aromatic N) is 1. The van der Waals surface area contributed by atoms with Gasteiger partial charge in [0.15, 0.2) is 0 Å². The molecule has 0 amide bonds. The van der Waals surface area contributed by atoms with E-state index in [9.17, 15) is 18.3 Å². The molecule has 0 bridgehead atoms. The van der Waals surface area contributed by atoms with Gasteiger partial charge < -0.3 is 9.84 Å². The number of hydrogen-bond acceptors (Lipinski definition) is 4. The van der Waals surface area contributed by atoms with Gasteiger partial charge in [-0.1, -0.05) is 6.92 Å². The highest BCUT2D eigenvalue weighted by Gasteiger charge is 2.47. The Bertz CT molecular complexity index is 457. The van der Waals surface area contributed by atoms with E-state index in [1.165, 1.54) is 4.31 Å². The number of carboxylic acids is 1. The highest BCUT2D eigenvalue weighted by atomic mass is 32.2. The van der Waals surface area contributed by atoms with Crippen LogP contribution in [0.25, 0.3) is 0 Å². The van der Waals surface area contributed by atoms with Crippen LogP contribution in [0.2, 0.25) is 0 Å². The minimum atomic E-state index is -3.36. The molecule has 1 N–H and O–H groups in total. The van der Waals surface area contributed by atoms with Crippen molar-refractivity contribution >= 4 is 16.0 Å². The smallest absolute Gasteiger partial charge is 0.311 e. The predicted octanol–water partition coefficient (Wildman–Crippen LogP) is 0.929. The summed E-state index contributed by atoms with van der Waals surface area (Å²) in [6.07, 6.45) is 2.41. The monoisotopic (exact) mass is 305 g/mol. The standard InChI is InChI=1S/C13H23NO5S/c1-2-13(12(15)16)5-6-14(10-13)20(17,18)9-11-3-7-19-8-4-11/h11H,2-10H2,1H3,(H,15,16). The van der Waals surface area contributed by atoms with Crippen LogP contribution in [0.4, 0.5) is 0 Å². The fourth-order valence-electron chi connectivity index (χ4n) is 3.00. The molecule has 0 aromatic carbocycles. The van der Waals surface area contributed by atoms with E-state index < -0.39 is 21.4 Å². The molecule has 2 fully saturated rings. The maximum absolute atomic E-state index is 12.4. The molecule has 0 aromatic rings. The summed E-state index contributed by atoms with van der Waals surface area (Å²) in [6.45, 7) is 3.49. The lowest BCUT2D eigenvalue weighted by atomic mass is 9.85. The van der Waals surface area contributed by atoms with E-state index in [-0.39, 0.29) is 18.2 Å². The number of hydrogen-bond donors (Lipinski definition) is 1. The summed E-state index contributed by atoms with van der Waals surface area (Å²) in [5.74, 6) is -0.630. The molecule has 2 rings (SSSR count). The van der Waals surface area contributed by atoms with Crippen LogP contribution in [0, 0.1) is 11.3 Å². The van der Waals surface area contributed by atoms with Crippen molar-refractivity contribution in [3.8, 4) is 0 Å². The van der Waals surface area contributed by atoms with Gasteiger partial charge in [-0.15, -0.1) is 0 Å². The van der Waals surface area contributed by atoms with Gasteiger partial charge >= 0.3 is 5.97 Å². The molecule has 2 aliphatic rings. The van der Waals surface area contributed by atoms with Crippen molar-refractivity contribution in [3.63, 3.8) is 0 Å². The van der Waals surface area contributed by atoms with Crippen molar-refractivity contribution in [1.29, 1.82) is 0 Å². The van der Waals surface area contributed by atoms with Crippen molar-refractivity contribution in [2.75, 3.05) is 32.1 Å². The Balaban J connectivity index is 2.02. The Morgan fingerprint density at radius 2 is 2.05 bits per heavy atom. The number of sulfonamides is 1. The van der Waals surface area contributed by atoms with Gasteiger partial charge in [0.05, 0.1) is 11.2 Å². The number of carboxylic acid groups (broad SMARTS) is 1. The Labute approximate surface area is 120 Å². The van der Waals surface area contributed by atoms with Gasteiger partial charge in [-0.3, -0.25) is 4.79 Å². The molecule has 6 nitrogen and oxygen atoms in total. The molecule has 2 saturated heterocycles. The molecule has 0 saturated carbocycles. The van der Waals surface area contributed by atoms with Crippen molar-refractivity contribution in [2.45, 2.75) is 32.6 Å². The lowest BCUT2D eigenvalue weighted by molar-refractivity contribution is -0.148. The third-order valence-electron chi connectivity index (χ3n) is 4.63. The summed E-state index contributed by atoms with van der Waals surface area (Å²) in [4.78, 5) is 11.4. The molecule has 0 aliphatic carbocycles.